The van der Waals surface area contributed by atoms with E-state index >= 15 is 0 Å². The van der Waals surface area contributed by atoms with Crippen LogP contribution in [0, 0.1) is 0 Å². The van der Waals surface area contributed by atoms with E-state index in [-0.39, 0.29) is 24.5 Å². The van der Waals surface area contributed by atoms with Crippen LogP contribution in [0.2, 0.25) is 0 Å². The third-order valence-electron chi connectivity index (χ3n) is 5.94. The Morgan fingerprint density at radius 2 is 1.67 bits per heavy atom. The topological polar surface area (TPSA) is 85.3 Å². The summed E-state index contributed by atoms with van der Waals surface area (Å²) >= 11 is 0. The van der Waals surface area contributed by atoms with Crippen LogP contribution < -0.4 is 9.47 Å². The first-order chi connectivity index (χ1) is 17.5. The number of amides is 1. The average molecular weight is 488 g/mol. The van der Waals surface area contributed by atoms with Crippen molar-refractivity contribution >= 4 is 17.4 Å². The molecule has 1 aliphatic heterocycles. The lowest BCUT2D eigenvalue weighted by atomic mass is 9.95. The van der Waals surface area contributed by atoms with Gasteiger partial charge in [-0.3, -0.25) is 9.59 Å². The van der Waals surface area contributed by atoms with E-state index in [1.165, 1.54) is 12.0 Å². The van der Waals surface area contributed by atoms with Crippen molar-refractivity contribution in [3.63, 3.8) is 0 Å². The van der Waals surface area contributed by atoms with Gasteiger partial charge >= 0.3 is 0 Å². The van der Waals surface area contributed by atoms with Crippen LogP contribution in [-0.2, 0) is 20.9 Å². The highest BCUT2D eigenvalue weighted by molar-refractivity contribution is 6.46. The summed E-state index contributed by atoms with van der Waals surface area (Å²) < 4.78 is 16.6. The van der Waals surface area contributed by atoms with Gasteiger partial charge < -0.3 is 24.2 Å². The van der Waals surface area contributed by atoms with Crippen LogP contribution in [-0.4, -0.2) is 48.6 Å². The summed E-state index contributed by atoms with van der Waals surface area (Å²) in [4.78, 5) is 27.6. The number of likely N-dealkylation sites (tertiary alicyclic amines) is 1. The molecule has 3 aromatic rings. The molecule has 1 aliphatic rings. The highest BCUT2D eigenvalue weighted by Gasteiger charge is 2.46. The molecule has 0 radical (unpaired) electrons. The SMILES string of the molecule is CCOc1ccc(/C(O)=C2/C(=O)C(=O)N(CCOC)C2c2cccc(OCc3ccccc3)c2)cc1. The maximum absolute atomic E-state index is 13.1. The van der Waals surface area contributed by atoms with Crippen LogP contribution in [0.3, 0.4) is 0 Å². The molecular formula is C29H29NO6. The monoisotopic (exact) mass is 487 g/mol. The van der Waals surface area contributed by atoms with Crippen molar-refractivity contribution in [3.8, 4) is 11.5 Å². The van der Waals surface area contributed by atoms with Crippen LogP contribution in [0.4, 0.5) is 0 Å². The van der Waals surface area contributed by atoms with E-state index in [1.54, 1.807) is 30.3 Å². The summed E-state index contributed by atoms with van der Waals surface area (Å²) in [5.74, 6) is -0.417. The molecule has 0 spiro atoms. The van der Waals surface area contributed by atoms with Crippen LogP contribution in [0.15, 0.2) is 84.4 Å². The molecule has 0 aromatic heterocycles. The minimum atomic E-state index is -0.785. The van der Waals surface area contributed by atoms with Crippen LogP contribution in [0.5, 0.6) is 11.5 Å². The van der Waals surface area contributed by atoms with Gasteiger partial charge in [0.15, 0.2) is 0 Å². The van der Waals surface area contributed by atoms with Gasteiger partial charge in [-0.25, -0.2) is 0 Å². The molecule has 1 amide bonds. The normalized spacial score (nSPS) is 16.8. The maximum Gasteiger partial charge on any atom is 0.295 e. The Balaban J connectivity index is 1.71. The van der Waals surface area contributed by atoms with Gasteiger partial charge in [0.05, 0.1) is 24.8 Å². The number of ketones is 1. The van der Waals surface area contributed by atoms with Crippen molar-refractivity contribution in [1.82, 2.24) is 4.90 Å². The fourth-order valence-corrected chi connectivity index (χ4v) is 4.19. The lowest BCUT2D eigenvalue weighted by molar-refractivity contribution is -0.140. The first-order valence-corrected chi connectivity index (χ1v) is 11.8. The minimum Gasteiger partial charge on any atom is -0.507 e. The first-order valence-electron chi connectivity index (χ1n) is 11.8. The Morgan fingerprint density at radius 3 is 2.36 bits per heavy atom. The Labute approximate surface area is 210 Å². The van der Waals surface area contributed by atoms with E-state index < -0.39 is 17.7 Å². The quantitative estimate of drug-likeness (QED) is 0.253. The summed E-state index contributed by atoms with van der Waals surface area (Å²) in [5.41, 5.74) is 2.12. The Hall–Kier alpha value is -4.10. The van der Waals surface area contributed by atoms with Gasteiger partial charge in [0.1, 0.15) is 23.9 Å². The van der Waals surface area contributed by atoms with Gasteiger partial charge in [-0.05, 0) is 54.4 Å². The highest BCUT2D eigenvalue weighted by atomic mass is 16.5. The van der Waals surface area contributed by atoms with E-state index in [0.717, 1.165) is 5.56 Å². The third kappa shape index (κ3) is 5.42. The van der Waals surface area contributed by atoms with Crippen molar-refractivity contribution in [1.29, 1.82) is 0 Å². The Kier molecular flexibility index (Phi) is 8.02. The zero-order valence-electron chi connectivity index (χ0n) is 20.3. The van der Waals surface area contributed by atoms with Crippen LogP contribution in [0.25, 0.3) is 5.76 Å². The highest BCUT2D eigenvalue weighted by Crippen LogP contribution is 2.40. The smallest absolute Gasteiger partial charge is 0.295 e. The number of nitrogens with zero attached hydrogens (tertiary/aromatic N) is 1. The summed E-state index contributed by atoms with van der Waals surface area (Å²) in [7, 11) is 1.53. The molecule has 186 valence electrons. The Morgan fingerprint density at radius 1 is 0.917 bits per heavy atom. The van der Waals surface area contributed by atoms with Crippen LogP contribution >= 0.6 is 0 Å². The molecule has 7 heteroatoms. The van der Waals surface area contributed by atoms with Crippen molar-refractivity contribution < 1.29 is 28.9 Å². The number of hydrogen-bond donors (Lipinski definition) is 1. The second-order valence-corrected chi connectivity index (χ2v) is 8.29. The number of aliphatic hydroxyl groups excluding tert-OH is 1. The van der Waals surface area contributed by atoms with Gasteiger partial charge in [-0.15, -0.1) is 0 Å². The zero-order chi connectivity index (χ0) is 25.5. The van der Waals surface area contributed by atoms with Gasteiger partial charge in [0.25, 0.3) is 11.7 Å². The summed E-state index contributed by atoms with van der Waals surface area (Å²) in [6.45, 7) is 3.21. The van der Waals surface area contributed by atoms with E-state index in [4.69, 9.17) is 14.2 Å². The van der Waals surface area contributed by atoms with Gasteiger partial charge in [0.2, 0.25) is 0 Å². The molecule has 1 unspecified atom stereocenters. The number of carbonyl (C=O) groups is 2. The molecule has 1 saturated heterocycles. The van der Waals surface area contributed by atoms with Crippen molar-refractivity contribution in [2.45, 2.75) is 19.6 Å². The molecule has 36 heavy (non-hydrogen) atoms. The van der Waals surface area contributed by atoms with Gasteiger partial charge in [0, 0.05) is 19.2 Å². The number of hydrogen-bond acceptors (Lipinski definition) is 6. The predicted octanol–water partition coefficient (Wildman–Crippen LogP) is 4.73. The lowest BCUT2D eigenvalue weighted by Crippen LogP contribution is -2.32. The standard InChI is InChI=1S/C29H29NO6/c1-3-35-23-14-12-21(13-15-23)27(31)25-26(30(16-17-34-2)29(33)28(25)32)22-10-7-11-24(18-22)36-19-20-8-5-4-6-9-20/h4-15,18,26,31H,3,16-17,19H2,1-2H3/b27-25-. The molecule has 1 heterocycles. The maximum atomic E-state index is 13.1. The van der Waals surface area contributed by atoms with Crippen molar-refractivity contribution in [2.24, 2.45) is 0 Å². The van der Waals surface area contributed by atoms with Crippen molar-refractivity contribution in [2.75, 3.05) is 26.9 Å². The number of benzene rings is 3. The summed E-state index contributed by atoms with van der Waals surface area (Å²) in [6, 6.07) is 23.0. The van der Waals surface area contributed by atoms with Crippen LogP contribution in [0.1, 0.15) is 29.7 Å². The predicted molar refractivity (Wildman–Crippen MR) is 136 cm³/mol. The van der Waals surface area contributed by atoms with E-state index in [0.29, 0.717) is 35.8 Å². The molecular weight excluding hydrogens is 458 g/mol. The van der Waals surface area contributed by atoms with E-state index in [2.05, 4.69) is 0 Å². The van der Waals surface area contributed by atoms with Gasteiger partial charge in [-0.2, -0.15) is 0 Å². The fraction of sp³-hybridized carbons (Fsp3) is 0.241. The number of aliphatic hydroxyl groups is 1. The summed E-state index contributed by atoms with van der Waals surface area (Å²) in [6.07, 6.45) is 0. The second-order valence-electron chi connectivity index (χ2n) is 8.29. The number of rotatable bonds is 10. The molecule has 1 N–H and O–H groups in total. The number of carbonyl (C=O) groups excluding carboxylic acids is 2. The summed E-state index contributed by atoms with van der Waals surface area (Å²) in [5, 5.41) is 11.2. The Bertz CT molecular complexity index is 1240. The molecule has 1 atom stereocenters. The molecule has 0 aliphatic carbocycles. The minimum absolute atomic E-state index is 0.0282. The largest absolute Gasteiger partial charge is 0.507 e. The lowest BCUT2D eigenvalue weighted by Gasteiger charge is -2.25. The molecule has 3 aromatic carbocycles. The fourth-order valence-electron chi connectivity index (χ4n) is 4.19. The first kappa shape index (κ1) is 25.0. The van der Waals surface area contributed by atoms with E-state index in [9.17, 15) is 14.7 Å². The van der Waals surface area contributed by atoms with Gasteiger partial charge in [-0.1, -0.05) is 42.5 Å². The molecule has 0 saturated carbocycles. The molecule has 1 fully saturated rings. The molecule has 4 rings (SSSR count). The second kappa shape index (κ2) is 11.6. The third-order valence-corrected chi connectivity index (χ3v) is 5.94. The number of Topliss-reactive ketones (excluding diaryl/α,β-unsaturated/α-hetero) is 1. The molecule has 7 nitrogen and oxygen atoms in total. The van der Waals surface area contributed by atoms with Crippen molar-refractivity contribution in [3.05, 3.63) is 101 Å². The average Bonchev–Trinajstić information content (AvgIpc) is 3.16. The van der Waals surface area contributed by atoms with E-state index in [1.807, 2.05) is 55.5 Å². The molecule has 0 bridgehead atoms. The number of ether oxygens (including phenoxy) is 3. The zero-order valence-corrected chi connectivity index (χ0v) is 20.3. The number of methoxy groups -OCH3 is 1.